The van der Waals surface area contributed by atoms with Gasteiger partial charge in [-0.05, 0) is 25.0 Å². The summed E-state index contributed by atoms with van der Waals surface area (Å²) in [6.07, 6.45) is 2.71. The smallest absolute Gasteiger partial charge is 0.224 e. The lowest BCUT2D eigenvalue weighted by Crippen LogP contribution is -2.18. The zero-order chi connectivity index (χ0) is 14.4. The molecular weight excluding hydrogens is 258 g/mol. The Balaban J connectivity index is 2.05. The molecule has 0 atom stereocenters. The third kappa shape index (κ3) is 3.95. The minimum Gasteiger partial charge on any atom is -0.506 e. The highest BCUT2D eigenvalue weighted by Crippen LogP contribution is 2.30. The van der Waals surface area contributed by atoms with Gasteiger partial charge in [0.15, 0.2) is 6.29 Å². The van der Waals surface area contributed by atoms with Crippen LogP contribution in [0.25, 0.3) is 0 Å². The molecule has 0 aliphatic carbocycles. The molecule has 0 radical (unpaired) electrons. The van der Waals surface area contributed by atoms with Crippen LogP contribution in [0.1, 0.15) is 44.5 Å². The Kier molecular flexibility index (Phi) is 5.38. The van der Waals surface area contributed by atoms with Gasteiger partial charge in [-0.1, -0.05) is 19.4 Å². The number of amides is 1. The number of anilines is 1. The van der Waals surface area contributed by atoms with Crippen molar-refractivity contribution in [2.24, 2.45) is 0 Å². The van der Waals surface area contributed by atoms with Gasteiger partial charge in [0, 0.05) is 12.0 Å². The Labute approximate surface area is 118 Å². The van der Waals surface area contributed by atoms with Crippen LogP contribution in [0.15, 0.2) is 18.2 Å². The normalized spacial score (nSPS) is 16.1. The van der Waals surface area contributed by atoms with Crippen LogP contribution in [0.3, 0.4) is 0 Å². The maximum atomic E-state index is 11.7. The van der Waals surface area contributed by atoms with Gasteiger partial charge >= 0.3 is 0 Å². The summed E-state index contributed by atoms with van der Waals surface area (Å²) in [6.45, 7) is 3.34. The summed E-state index contributed by atoms with van der Waals surface area (Å²) in [5.41, 5.74) is 1.20. The molecule has 0 bridgehead atoms. The van der Waals surface area contributed by atoms with E-state index in [0.717, 1.165) is 24.8 Å². The van der Waals surface area contributed by atoms with E-state index < -0.39 is 6.29 Å². The van der Waals surface area contributed by atoms with Crippen LogP contribution < -0.4 is 5.32 Å². The van der Waals surface area contributed by atoms with Crippen LogP contribution in [0.5, 0.6) is 5.75 Å². The van der Waals surface area contributed by atoms with Crippen molar-refractivity contribution < 1.29 is 19.4 Å². The molecule has 1 heterocycles. The van der Waals surface area contributed by atoms with Gasteiger partial charge in [-0.15, -0.1) is 0 Å². The lowest BCUT2D eigenvalue weighted by molar-refractivity contribution is -0.183. The highest BCUT2D eigenvalue weighted by Gasteiger charge is 2.18. The van der Waals surface area contributed by atoms with Gasteiger partial charge in [-0.3, -0.25) is 4.79 Å². The molecule has 0 saturated carbocycles. The number of hydrogen-bond donors (Lipinski definition) is 2. The molecule has 1 aromatic carbocycles. The van der Waals surface area contributed by atoms with Gasteiger partial charge in [-0.25, -0.2) is 0 Å². The average molecular weight is 279 g/mol. The zero-order valence-electron chi connectivity index (χ0n) is 11.7. The van der Waals surface area contributed by atoms with Crippen LogP contribution in [-0.4, -0.2) is 24.2 Å². The molecule has 0 spiro atoms. The molecule has 1 aromatic rings. The second kappa shape index (κ2) is 7.26. The number of phenols is 1. The van der Waals surface area contributed by atoms with Crippen molar-refractivity contribution in [3.8, 4) is 5.75 Å². The number of hydrogen-bond acceptors (Lipinski definition) is 4. The summed E-state index contributed by atoms with van der Waals surface area (Å²) >= 11 is 0. The Bertz CT molecular complexity index is 455. The van der Waals surface area contributed by atoms with Gasteiger partial charge in [-0.2, -0.15) is 0 Å². The fourth-order valence-electron chi connectivity index (χ4n) is 2.03. The predicted octanol–water partition coefficient (Wildman–Crippen LogP) is 2.96. The van der Waals surface area contributed by atoms with Crippen molar-refractivity contribution in [1.29, 1.82) is 0 Å². The van der Waals surface area contributed by atoms with E-state index in [0.29, 0.717) is 25.3 Å². The first-order valence-electron chi connectivity index (χ1n) is 7.06. The van der Waals surface area contributed by atoms with E-state index in [1.165, 1.54) is 0 Å². The average Bonchev–Trinajstić information content (AvgIpc) is 2.48. The quantitative estimate of drug-likeness (QED) is 0.813. The Morgan fingerprint density at radius 1 is 1.40 bits per heavy atom. The van der Waals surface area contributed by atoms with Crippen LogP contribution in [0.4, 0.5) is 5.69 Å². The summed E-state index contributed by atoms with van der Waals surface area (Å²) in [5.74, 6) is -0.0424. The molecule has 5 heteroatoms. The van der Waals surface area contributed by atoms with Crippen molar-refractivity contribution >= 4 is 11.6 Å². The number of unbranched alkanes of at least 4 members (excludes halogenated alkanes) is 1. The second-order valence-electron chi connectivity index (χ2n) is 4.86. The van der Waals surface area contributed by atoms with Crippen LogP contribution in [0.2, 0.25) is 0 Å². The van der Waals surface area contributed by atoms with E-state index in [2.05, 4.69) is 5.32 Å². The number of rotatable bonds is 5. The molecule has 5 nitrogen and oxygen atoms in total. The van der Waals surface area contributed by atoms with Crippen molar-refractivity contribution in [2.45, 2.75) is 38.9 Å². The third-order valence-corrected chi connectivity index (χ3v) is 3.15. The fourth-order valence-corrected chi connectivity index (χ4v) is 2.03. The predicted molar refractivity (Wildman–Crippen MR) is 75.5 cm³/mol. The number of benzene rings is 1. The number of carbonyl (C=O) groups excluding carboxylic acids is 1. The molecule has 1 saturated heterocycles. The van der Waals surface area contributed by atoms with E-state index in [1.807, 2.05) is 6.92 Å². The summed E-state index contributed by atoms with van der Waals surface area (Å²) in [4.78, 5) is 11.7. The van der Waals surface area contributed by atoms with Crippen LogP contribution in [0, 0.1) is 0 Å². The molecule has 1 fully saturated rings. The standard InChI is InChI=1S/C15H21NO4/c1-2-3-5-14(18)16-12-10-11(6-7-13(12)17)15-19-8-4-9-20-15/h6-7,10,15,17H,2-5,8-9H2,1H3,(H,16,18). The third-order valence-electron chi connectivity index (χ3n) is 3.15. The van der Waals surface area contributed by atoms with Gasteiger partial charge in [0.2, 0.25) is 5.91 Å². The topological polar surface area (TPSA) is 67.8 Å². The van der Waals surface area contributed by atoms with E-state index in [4.69, 9.17) is 9.47 Å². The van der Waals surface area contributed by atoms with Crippen LogP contribution >= 0.6 is 0 Å². The maximum absolute atomic E-state index is 11.7. The number of aromatic hydroxyl groups is 1. The molecule has 2 rings (SSSR count). The van der Waals surface area contributed by atoms with Crippen molar-refractivity contribution in [3.63, 3.8) is 0 Å². The second-order valence-corrected chi connectivity index (χ2v) is 4.86. The van der Waals surface area contributed by atoms with Gasteiger partial charge in [0.1, 0.15) is 5.75 Å². The first-order valence-corrected chi connectivity index (χ1v) is 7.06. The number of nitrogens with one attached hydrogen (secondary N) is 1. The first-order chi connectivity index (χ1) is 9.70. The number of phenolic OH excluding ortho intramolecular Hbond substituents is 1. The molecule has 0 aromatic heterocycles. The summed E-state index contributed by atoms with van der Waals surface area (Å²) in [7, 11) is 0. The van der Waals surface area contributed by atoms with Gasteiger partial charge in [0.25, 0.3) is 0 Å². The lowest BCUT2D eigenvalue weighted by atomic mass is 10.1. The highest BCUT2D eigenvalue weighted by atomic mass is 16.7. The largest absolute Gasteiger partial charge is 0.506 e. The molecule has 1 aliphatic rings. The van der Waals surface area contributed by atoms with Crippen molar-refractivity contribution in [1.82, 2.24) is 0 Å². The molecule has 20 heavy (non-hydrogen) atoms. The lowest BCUT2D eigenvalue weighted by Gasteiger charge is -2.24. The minimum absolute atomic E-state index is 0.0504. The van der Waals surface area contributed by atoms with E-state index >= 15 is 0 Å². The molecule has 2 N–H and O–H groups in total. The summed E-state index contributed by atoms with van der Waals surface area (Å²) < 4.78 is 11.0. The maximum Gasteiger partial charge on any atom is 0.224 e. The van der Waals surface area contributed by atoms with Crippen molar-refractivity contribution in [3.05, 3.63) is 23.8 Å². The fraction of sp³-hybridized carbons (Fsp3) is 0.533. The minimum atomic E-state index is -0.421. The summed E-state index contributed by atoms with van der Waals surface area (Å²) in [6, 6.07) is 4.99. The zero-order valence-corrected chi connectivity index (χ0v) is 11.7. The molecular formula is C15H21NO4. The Hall–Kier alpha value is -1.59. The SMILES string of the molecule is CCCCC(=O)Nc1cc(C2OCCCO2)ccc1O. The first kappa shape index (κ1) is 14.8. The van der Waals surface area contributed by atoms with Gasteiger partial charge in [0.05, 0.1) is 18.9 Å². The number of ether oxygens (including phenoxy) is 2. The molecule has 1 amide bonds. The van der Waals surface area contributed by atoms with Gasteiger partial charge < -0.3 is 19.9 Å². The molecule has 110 valence electrons. The Morgan fingerprint density at radius 3 is 2.85 bits per heavy atom. The monoisotopic (exact) mass is 279 g/mol. The van der Waals surface area contributed by atoms with E-state index in [-0.39, 0.29) is 11.7 Å². The number of carbonyl (C=O) groups is 1. The van der Waals surface area contributed by atoms with E-state index in [1.54, 1.807) is 18.2 Å². The summed E-state index contributed by atoms with van der Waals surface area (Å²) in [5, 5.41) is 12.5. The Morgan fingerprint density at radius 2 is 2.15 bits per heavy atom. The van der Waals surface area contributed by atoms with Crippen LogP contribution in [-0.2, 0) is 14.3 Å². The highest BCUT2D eigenvalue weighted by molar-refractivity contribution is 5.92. The van der Waals surface area contributed by atoms with E-state index in [9.17, 15) is 9.90 Å². The molecule has 1 aliphatic heterocycles. The van der Waals surface area contributed by atoms with Crippen molar-refractivity contribution in [2.75, 3.05) is 18.5 Å². The molecule has 0 unspecified atom stereocenters.